The van der Waals surface area contributed by atoms with Crippen LogP contribution in [0.4, 0.5) is 0 Å². The van der Waals surface area contributed by atoms with Gasteiger partial charge in [-0.2, -0.15) is 0 Å². The molecule has 0 radical (unpaired) electrons. The van der Waals surface area contributed by atoms with E-state index in [1.165, 1.54) is 0 Å². The van der Waals surface area contributed by atoms with E-state index in [1.807, 2.05) is 0 Å². The highest BCUT2D eigenvalue weighted by atomic mass is 16.1. The molecule has 1 amide bonds. The van der Waals surface area contributed by atoms with Gasteiger partial charge in [-0.15, -0.1) is 0 Å². The predicted octanol–water partition coefficient (Wildman–Crippen LogP) is 4.09. The number of carbonyl (C=O) groups excluding carboxylic acids is 1. The van der Waals surface area contributed by atoms with Crippen molar-refractivity contribution in [1.82, 2.24) is 5.32 Å². The Morgan fingerprint density at radius 2 is 1.70 bits per heavy atom. The van der Waals surface area contributed by atoms with Crippen LogP contribution < -0.4 is 5.32 Å². The van der Waals surface area contributed by atoms with Crippen LogP contribution in [0.3, 0.4) is 0 Å². The van der Waals surface area contributed by atoms with E-state index in [9.17, 15) is 4.79 Å². The Bertz CT molecular complexity index is 431. The Labute approximate surface area is 123 Å². The van der Waals surface area contributed by atoms with Crippen LogP contribution in [0.1, 0.15) is 67.7 Å². The largest absolute Gasteiger partial charge is 0.347 e. The zero-order valence-electron chi connectivity index (χ0n) is 14.2. The number of nitrogens with one attached hydrogen (secondary N) is 1. The molecule has 0 spiro atoms. The molecule has 0 saturated carbocycles. The number of amides is 1. The van der Waals surface area contributed by atoms with E-state index in [0.717, 1.165) is 36.2 Å². The van der Waals surface area contributed by atoms with Crippen molar-refractivity contribution in [3.63, 3.8) is 0 Å². The SMILES string of the molecule is CCCCC1=NC(C(C)(C)C)=C(C(C)(C)C)C(=O)NC1. The van der Waals surface area contributed by atoms with E-state index < -0.39 is 0 Å². The van der Waals surface area contributed by atoms with Crippen LogP contribution in [0.15, 0.2) is 16.3 Å². The summed E-state index contributed by atoms with van der Waals surface area (Å²) in [5.41, 5.74) is 2.56. The Kier molecular flexibility index (Phi) is 5.17. The van der Waals surface area contributed by atoms with Gasteiger partial charge in [-0.25, -0.2) is 0 Å². The van der Waals surface area contributed by atoms with Gasteiger partial charge >= 0.3 is 0 Å². The van der Waals surface area contributed by atoms with Gasteiger partial charge in [0.2, 0.25) is 5.91 Å². The van der Waals surface area contributed by atoms with Crippen molar-refractivity contribution in [1.29, 1.82) is 0 Å². The number of rotatable bonds is 3. The van der Waals surface area contributed by atoms with E-state index in [2.05, 4.69) is 53.8 Å². The van der Waals surface area contributed by atoms with E-state index in [4.69, 9.17) is 4.99 Å². The summed E-state index contributed by atoms with van der Waals surface area (Å²) in [5.74, 6) is 0.0395. The standard InChI is InChI=1S/C17H30N2O/c1-8-9-10-12-11-18-15(20)13(16(2,3)4)14(19-12)17(5,6)7/h8-11H2,1-7H3,(H,18,20). The van der Waals surface area contributed by atoms with E-state index >= 15 is 0 Å². The zero-order chi connectivity index (χ0) is 15.6. The summed E-state index contributed by atoms with van der Waals surface area (Å²) in [6, 6.07) is 0. The fraction of sp³-hybridized carbons (Fsp3) is 0.765. The van der Waals surface area contributed by atoms with Crippen LogP contribution in [0, 0.1) is 10.8 Å². The van der Waals surface area contributed by atoms with Gasteiger partial charge in [0.05, 0.1) is 12.2 Å². The minimum atomic E-state index is -0.198. The third-order valence-corrected chi connectivity index (χ3v) is 3.47. The molecule has 3 heteroatoms. The molecule has 1 aliphatic rings. The lowest BCUT2D eigenvalue weighted by Crippen LogP contribution is -2.33. The van der Waals surface area contributed by atoms with Crippen LogP contribution in [0.25, 0.3) is 0 Å². The van der Waals surface area contributed by atoms with Crippen molar-refractivity contribution in [2.24, 2.45) is 15.8 Å². The van der Waals surface area contributed by atoms with Crippen LogP contribution in [-0.2, 0) is 4.79 Å². The second-order valence-corrected chi connectivity index (χ2v) is 7.69. The summed E-state index contributed by atoms with van der Waals surface area (Å²) in [6.07, 6.45) is 3.23. The Balaban J connectivity index is 3.36. The van der Waals surface area contributed by atoms with E-state index in [0.29, 0.717) is 6.54 Å². The van der Waals surface area contributed by atoms with Gasteiger partial charge in [0.15, 0.2) is 0 Å². The monoisotopic (exact) mass is 278 g/mol. The molecule has 0 aliphatic carbocycles. The molecule has 1 aliphatic heterocycles. The zero-order valence-corrected chi connectivity index (χ0v) is 14.2. The first-order valence-electron chi connectivity index (χ1n) is 7.67. The van der Waals surface area contributed by atoms with Crippen LogP contribution >= 0.6 is 0 Å². The van der Waals surface area contributed by atoms with Crippen molar-refractivity contribution >= 4 is 11.6 Å². The van der Waals surface area contributed by atoms with Crippen molar-refractivity contribution in [2.75, 3.05) is 6.54 Å². The number of allylic oxidation sites excluding steroid dienone is 1. The second-order valence-electron chi connectivity index (χ2n) is 7.69. The summed E-state index contributed by atoms with van der Waals surface area (Å²) >= 11 is 0. The number of aliphatic imine (C=N–C) groups is 1. The average molecular weight is 278 g/mol. The molecule has 114 valence electrons. The molecule has 1 N–H and O–H groups in total. The maximum Gasteiger partial charge on any atom is 0.249 e. The second kappa shape index (κ2) is 6.11. The number of carbonyl (C=O) groups is 1. The maximum atomic E-state index is 12.5. The molecule has 20 heavy (non-hydrogen) atoms. The fourth-order valence-corrected chi connectivity index (χ4v) is 2.40. The van der Waals surface area contributed by atoms with Crippen LogP contribution in [0.2, 0.25) is 0 Å². The minimum absolute atomic E-state index is 0.0395. The summed E-state index contributed by atoms with van der Waals surface area (Å²) < 4.78 is 0. The molecule has 0 aromatic heterocycles. The normalized spacial score (nSPS) is 17.8. The smallest absolute Gasteiger partial charge is 0.249 e. The number of hydrogen-bond donors (Lipinski definition) is 1. The van der Waals surface area contributed by atoms with E-state index in [1.54, 1.807) is 0 Å². The molecular weight excluding hydrogens is 248 g/mol. The molecule has 0 aromatic rings. The van der Waals surface area contributed by atoms with Crippen molar-refractivity contribution in [3.8, 4) is 0 Å². The van der Waals surface area contributed by atoms with Crippen molar-refractivity contribution < 1.29 is 4.79 Å². The Morgan fingerprint density at radius 1 is 1.10 bits per heavy atom. The van der Waals surface area contributed by atoms with Gasteiger partial charge in [-0.3, -0.25) is 9.79 Å². The number of unbranched alkanes of at least 4 members (excludes halogenated alkanes) is 1. The summed E-state index contributed by atoms with van der Waals surface area (Å²) in [6.45, 7) is 15.4. The molecule has 1 rings (SSSR count). The third kappa shape index (κ3) is 4.19. The first-order valence-corrected chi connectivity index (χ1v) is 7.67. The minimum Gasteiger partial charge on any atom is -0.347 e. The lowest BCUT2D eigenvalue weighted by Gasteiger charge is -2.29. The highest BCUT2D eigenvalue weighted by Crippen LogP contribution is 2.38. The molecule has 0 unspecified atom stereocenters. The van der Waals surface area contributed by atoms with Gasteiger partial charge < -0.3 is 5.32 Å². The predicted molar refractivity (Wildman–Crippen MR) is 85.9 cm³/mol. The van der Waals surface area contributed by atoms with E-state index in [-0.39, 0.29) is 16.7 Å². The van der Waals surface area contributed by atoms with Gasteiger partial charge in [0.25, 0.3) is 0 Å². The maximum absolute atomic E-state index is 12.5. The summed E-state index contributed by atoms with van der Waals surface area (Å²) in [7, 11) is 0. The fourth-order valence-electron chi connectivity index (χ4n) is 2.40. The Hall–Kier alpha value is -1.12. The molecule has 0 aromatic carbocycles. The van der Waals surface area contributed by atoms with Gasteiger partial charge in [-0.05, 0) is 18.3 Å². The van der Waals surface area contributed by atoms with Crippen molar-refractivity contribution in [2.45, 2.75) is 67.7 Å². The van der Waals surface area contributed by atoms with Crippen molar-refractivity contribution in [3.05, 3.63) is 11.3 Å². The van der Waals surface area contributed by atoms with Gasteiger partial charge in [0, 0.05) is 16.7 Å². The average Bonchev–Trinajstić information content (AvgIpc) is 2.44. The molecule has 0 atom stereocenters. The summed E-state index contributed by atoms with van der Waals surface area (Å²) in [5, 5.41) is 3.03. The lowest BCUT2D eigenvalue weighted by atomic mass is 9.78. The number of hydrogen-bond acceptors (Lipinski definition) is 2. The molecule has 0 fully saturated rings. The third-order valence-electron chi connectivity index (χ3n) is 3.47. The van der Waals surface area contributed by atoms with Gasteiger partial charge in [0.1, 0.15) is 0 Å². The molecule has 3 nitrogen and oxygen atoms in total. The first kappa shape index (κ1) is 16.9. The first-order chi connectivity index (χ1) is 9.07. The lowest BCUT2D eigenvalue weighted by molar-refractivity contribution is -0.118. The topological polar surface area (TPSA) is 41.5 Å². The summed E-state index contributed by atoms with van der Waals surface area (Å²) in [4.78, 5) is 17.4. The highest BCUT2D eigenvalue weighted by molar-refractivity contribution is 6.01. The van der Waals surface area contributed by atoms with Crippen LogP contribution in [0.5, 0.6) is 0 Å². The molecule has 0 bridgehead atoms. The van der Waals surface area contributed by atoms with Gasteiger partial charge in [-0.1, -0.05) is 54.9 Å². The molecule has 0 saturated heterocycles. The number of nitrogens with zero attached hydrogens (tertiary/aromatic N) is 1. The molecular formula is C17H30N2O. The Morgan fingerprint density at radius 3 is 2.15 bits per heavy atom. The van der Waals surface area contributed by atoms with Crippen LogP contribution in [-0.4, -0.2) is 18.2 Å². The molecule has 1 heterocycles. The quantitative estimate of drug-likeness (QED) is 0.830. The highest BCUT2D eigenvalue weighted by Gasteiger charge is 2.34.